The SMILES string of the molecule is Cc1cccc(N2CCN(C(=O)c3cc(Br)ccc3Cl)CC2)c1C. The Kier molecular flexibility index (Phi) is 5.16. The van der Waals surface area contributed by atoms with E-state index in [1.165, 1.54) is 16.8 Å². The maximum atomic E-state index is 12.7. The average molecular weight is 408 g/mol. The monoisotopic (exact) mass is 406 g/mol. The number of halogens is 2. The quantitative estimate of drug-likeness (QED) is 0.721. The molecule has 2 aromatic rings. The summed E-state index contributed by atoms with van der Waals surface area (Å²) in [6.07, 6.45) is 0. The first kappa shape index (κ1) is 17.3. The van der Waals surface area contributed by atoms with Crippen LogP contribution < -0.4 is 4.90 Å². The molecule has 2 aromatic carbocycles. The molecule has 1 amide bonds. The number of piperazine rings is 1. The van der Waals surface area contributed by atoms with Crippen molar-refractivity contribution in [1.82, 2.24) is 4.90 Å². The summed E-state index contributed by atoms with van der Waals surface area (Å²) in [4.78, 5) is 17.0. The lowest BCUT2D eigenvalue weighted by Gasteiger charge is -2.37. The maximum absolute atomic E-state index is 12.7. The minimum Gasteiger partial charge on any atom is -0.368 e. The van der Waals surface area contributed by atoms with Gasteiger partial charge in [0.25, 0.3) is 5.91 Å². The van der Waals surface area contributed by atoms with Gasteiger partial charge in [-0.1, -0.05) is 39.7 Å². The summed E-state index contributed by atoms with van der Waals surface area (Å²) in [5.41, 5.74) is 4.44. The van der Waals surface area contributed by atoms with Crippen molar-refractivity contribution in [1.29, 1.82) is 0 Å². The molecular weight excluding hydrogens is 388 g/mol. The lowest BCUT2D eigenvalue weighted by Crippen LogP contribution is -2.49. The Morgan fingerprint density at radius 3 is 2.50 bits per heavy atom. The molecule has 5 heteroatoms. The van der Waals surface area contributed by atoms with Gasteiger partial charge in [0.15, 0.2) is 0 Å². The van der Waals surface area contributed by atoms with Crippen LogP contribution in [0.4, 0.5) is 5.69 Å². The Hall–Kier alpha value is -1.52. The molecule has 1 fully saturated rings. The van der Waals surface area contributed by atoms with Crippen LogP contribution in [0.3, 0.4) is 0 Å². The molecule has 0 saturated carbocycles. The van der Waals surface area contributed by atoms with E-state index < -0.39 is 0 Å². The highest BCUT2D eigenvalue weighted by Crippen LogP contribution is 2.26. The Morgan fingerprint density at radius 2 is 1.79 bits per heavy atom. The van der Waals surface area contributed by atoms with Crippen molar-refractivity contribution in [2.45, 2.75) is 13.8 Å². The van der Waals surface area contributed by atoms with Crippen LogP contribution >= 0.6 is 27.5 Å². The van der Waals surface area contributed by atoms with E-state index in [0.717, 1.165) is 17.6 Å². The summed E-state index contributed by atoms with van der Waals surface area (Å²) in [5, 5.41) is 0.500. The molecule has 0 aromatic heterocycles. The number of nitrogens with zero attached hydrogens (tertiary/aromatic N) is 2. The molecule has 0 spiro atoms. The molecule has 0 radical (unpaired) electrons. The zero-order valence-corrected chi connectivity index (χ0v) is 16.2. The number of aryl methyl sites for hydroxylation is 1. The second-order valence-corrected chi connectivity index (χ2v) is 7.45. The number of hydrogen-bond donors (Lipinski definition) is 0. The summed E-state index contributed by atoms with van der Waals surface area (Å²) >= 11 is 9.60. The van der Waals surface area contributed by atoms with Crippen LogP contribution in [0.25, 0.3) is 0 Å². The van der Waals surface area contributed by atoms with Crippen molar-refractivity contribution >= 4 is 39.1 Å². The third kappa shape index (κ3) is 3.45. The first-order chi connectivity index (χ1) is 11.5. The van der Waals surface area contributed by atoms with Crippen LogP contribution in [0, 0.1) is 13.8 Å². The number of hydrogen-bond acceptors (Lipinski definition) is 2. The Bertz CT molecular complexity index is 770. The second-order valence-electron chi connectivity index (χ2n) is 6.12. The van der Waals surface area contributed by atoms with Gasteiger partial charge in [0.1, 0.15) is 0 Å². The molecule has 24 heavy (non-hydrogen) atoms. The fourth-order valence-electron chi connectivity index (χ4n) is 3.06. The molecule has 0 atom stereocenters. The summed E-state index contributed by atoms with van der Waals surface area (Å²) in [7, 11) is 0. The molecule has 1 aliphatic heterocycles. The smallest absolute Gasteiger partial charge is 0.255 e. The van der Waals surface area contributed by atoms with E-state index in [1.807, 2.05) is 11.0 Å². The van der Waals surface area contributed by atoms with Gasteiger partial charge in [0.05, 0.1) is 10.6 Å². The van der Waals surface area contributed by atoms with E-state index >= 15 is 0 Å². The summed E-state index contributed by atoms with van der Waals surface area (Å²) in [6.45, 7) is 7.37. The van der Waals surface area contributed by atoms with Gasteiger partial charge in [-0.05, 0) is 49.2 Å². The minimum atomic E-state index is 0.00177. The molecule has 126 valence electrons. The molecular formula is C19H20BrClN2O. The highest BCUT2D eigenvalue weighted by atomic mass is 79.9. The third-order valence-corrected chi connectivity index (χ3v) is 5.47. The zero-order valence-electron chi connectivity index (χ0n) is 13.9. The van der Waals surface area contributed by atoms with Crippen molar-refractivity contribution in [2.24, 2.45) is 0 Å². The van der Waals surface area contributed by atoms with Crippen LogP contribution in [0.5, 0.6) is 0 Å². The van der Waals surface area contributed by atoms with Crippen molar-refractivity contribution in [3.05, 3.63) is 62.6 Å². The van der Waals surface area contributed by atoms with Crippen LogP contribution in [0.15, 0.2) is 40.9 Å². The van der Waals surface area contributed by atoms with E-state index in [2.05, 4.69) is 52.9 Å². The number of rotatable bonds is 2. The molecule has 3 nitrogen and oxygen atoms in total. The van der Waals surface area contributed by atoms with Gasteiger partial charge in [0, 0.05) is 36.3 Å². The van der Waals surface area contributed by atoms with E-state index in [4.69, 9.17) is 11.6 Å². The standard InChI is InChI=1S/C19H20BrClN2O/c1-13-4-3-5-18(14(13)2)22-8-10-23(11-9-22)19(24)16-12-15(20)6-7-17(16)21/h3-7,12H,8-11H2,1-2H3. The highest BCUT2D eigenvalue weighted by Gasteiger charge is 2.24. The van der Waals surface area contributed by atoms with Gasteiger partial charge in [0.2, 0.25) is 0 Å². The Labute approximate surface area is 156 Å². The Morgan fingerprint density at radius 1 is 1.08 bits per heavy atom. The van der Waals surface area contributed by atoms with Gasteiger partial charge < -0.3 is 9.80 Å². The third-order valence-electron chi connectivity index (χ3n) is 4.64. The Balaban J connectivity index is 1.72. The van der Waals surface area contributed by atoms with E-state index in [-0.39, 0.29) is 5.91 Å². The van der Waals surface area contributed by atoms with Crippen LogP contribution in [-0.4, -0.2) is 37.0 Å². The van der Waals surface area contributed by atoms with Gasteiger partial charge in [-0.15, -0.1) is 0 Å². The molecule has 0 bridgehead atoms. The number of carbonyl (C=O) groups excluding carboxylic acids is 1. The van der Waals surface area contributed by atoms with Crippen molar-refractivity contribution in [3.63, 3.8) is 0 Å². The largest absolute Gasteiger partial charge is 0.368 e. The summed E-state index contributed by atoms with van der Waals surface area (Å²) in [6, 6.07) is 11.8. The summed E-state index contributed by atoms with van der Waals surface area (Å²) < 4.78 is 0.865. The van der Waals surface area contributed by atoms with Crippen LogP contribution in [0.1, 0.15) is 21.5 Å². The summed E-state index contributed by atoms with van der Waals surface area (Å²) in [5.74, 6) is 0.00177. The molecule has 3 rings (SSSR count). The first-order valence-electron chi connectivity index (χ1n) is 8.03. The normalized spacial score (nSPS) is 14.8. The van der Waals surface area contributed by atoms with Crippen LogP contribution in [-0.2, 0) is 0 Å². The lowest BCUT2D eigenvalue weighted by molar-refractivity contribution is 0.0747. The lowest BCUT2D eigenvalue weighted by atomic mass is 10.1. The molecule has 0 N–H and O–H groups in total. The van der Waals surface area contributed by atoms with Crippen molar-refractivity contribution in [2.75, 3.05) is 31.1 Å². The van der Waals surface area contributed by atoms with Gasteiger partial charge in [-0.3, -0.25) is 4.79 Å². The second kappa shape index (κ2) is 7.16. The number of benzene rings is 2. The van der Waals surface area contributed by atoms with Crippen LogP contribution in [0.2, 0.25) is 5.02 Å². The van der Waals surface area contributed by atoms with E-state index in [9.17, 15) is 4.79 Å². The predicted octanol–water partition coefficient (Wildman–Crippen LogP) is 4.68. The number of carbonyl (C=O) groups is 1. The molecule has 1 heterocycles. The number of amides is 1. The van der Waals surface area contributed by atoms with E-state index in [0.29, 0.717) is 23.7 Å². The fraction of sp³-hybridized carbons (Fsp3) is 0.316. The number of anilines is 1. The maximum Gasteiger partial charge on any atom is 0.255 e. The first-order valence-corrected chi connectivity index (χ1v) is 9.20. The molecule has 1 aliphatic rings. The van der Waals surface area contributed by atoms with Crippen molar-refractivity contribution in [3.8, 4) is 0 Å². The molecule has 1 saturated heterocycles. The zero-order chi connectivity index (χ0) is 17.3. The van der Waals surface area contributed by atoms with Gasteiger partial charge >= 0.3 is 0 Å². The van der Waals surface area contributed by atoms with Crippen molar-refractivity contribution < 1.29 is 4.79 Å². The highest BCUT2D eigenvalue weighted by molar-refractivity contribution is 9.10. The average Bonchev–Trinajstić information content (AvgIpc) is 2.59. The molecule has 0 unspecified atom stereocenters. The minimum absolute atomic E-state index is 0.00177. The van der Waals surface area contributed by atoms with E-state index in [1.54, 1.807) is 12.1 Å². The van der Waals surface area contributed by atoms with Gasteiger partial charge in [-0.2, -0.15) is 0 Å². The molecule has 0 aliphatic carbocycles. The predicted molar refractivity (Wildman–Crippen MR) is 103 cm³/mol. The van der Waals surface area contributed by atoms with Gasteiger partial charge in [-0.25, -0.2) is 0 Å². The topological polar surface area (TPSA) is 23.6 Å². The fourth-order valence-corrected chi connectivity index (χ4v) is 3.62.